The third-order valence-electron chi connectivity index (χ3n) is 7.10. The molecule has 0 aliphatic heterocycles. The molecule has 0 atom stereocenters. The summed E-state index contributed by atoms with van der Waals surface area (Å²) in [5.41, 5.74) is 5.27. The van der Waals surface area contributed by atoms with E-state index in [1.807, 2.05) is 48.7 Å². The number of hydrogen-bond acceptors (Lipinski definition) is 5. The summed E-state index contributed by atoms with van der Waals surface area (Å²) in [6.07, 6.45) is 8.33. The molecule has 1 fully saturated rings. The average Bonchev–Trinajstić information content (AvgIpc) is 3.53. The van der Waals surface area contributed by atoms with Crippen molar-refractivity contribution in [2.24, 2.45) is 5.92 Å². The molecule has 38 heavy (non-hydrogen) atoms. The van der Waals surface area contributed by atoms with Crippen molar-refractivity contribution in [1.82, 2.24) is 34.9 Å². The number of alkyl halides is 2. The van der Waals surface area contributed by atoms with E-state index < -0.39 is 5.92 Å². The van der Waals surface area contributed by atoms with Crippen LogP contribution in [0.15, 0.2) is 73.4 Å². The SMILES string of the molecule is O=C(NCC1CC(F)(F)C1)c1cnn2ccc(-c3c[nH]c4nc(-c5ccc6ncccc6c5)ncc34)cc12. The largest absolute Gasteiger partial charge is 0.352 e. The molecule has 2 N–H and O–H groups in total. The van der Waals surface area contributed by atoms with Gasteiger partial charge in [0.25, 0.3) is 5.91 Å². The Kier molecular flexibility index (Phi) is 4.97. The number of aromatic amines is 1. The van der Waals surface area contributed by atoms with Gasteiger partial charge in [0, 0.05) is 66.1 Å². The lowest BCUT2D eigenvalue weighted by molar-refractivity contribution is -0.108. The van der Waals surface area contributed by atoms with Crippen molar-refractivity contribution in [3.05, 3.63) is 79.0 Å². The Bertz CT molecular complexity index is 1850. The van der Waals surface area contributed by atoms with Crippen LogP contribution in [0.2, 0.25) is 0 Å². The molecule has 0 radical (unpaired) electrons. The highest BCUT2D eigenvalue weighted by molar-refractivity contribution is 6.02. The third kappa shape index (κ3) is 3.85. The number of aromatic nitrogens is 6. The van der Waals surface area contributed by atoms with Gasteiger partial charge in [0.1, 0.15) is 5.65 Å². The molecule has 10 heteroatoms. The van der Waals surface area contributed by atoms with Crippen LogP contribution in [0.4, 0.5) is 8.78 Å². The molecule has 1 saturated carbocycles. The van der Waals surface area contributed by atoms with Crippen molar-refractivity contribution >= 4 is 33.4 Å². The molecule has 1 aromatic carbocycles. The summed E-state index contributed by atoms with van der Waals surface area (Å²) in [4.78, 5) is 29.8. The summed E-state index contributed by atoms with van der Waals surface area (Å²) in [5.74, 6) is -2.53. The molecule has 5 aromatic heterocycles. The highest BCUT2D eigenvalue weighted by Crippen LogP contribution is 2.41. The number of nitrogens with one attached hydrogen (secondary N) is 2. The van der Waals surface area contributed by atoms with Crippen LogP contribution in [0, 0.1) is 5.92 Å². The van der Waals surface area contributed by atoms with E-state index in [0.717, 1.165) is 33.0 Å². The first-order chi connectivity index (χ1) is 18.4. The lowest BCUT2D eigenvalue weighted by atomic mass is 9.81. The number of pyridine rings is 2. The Hall–Kier alpha value is -4.73. The number of benzene rings is 1. The number of H-pyrrole nitrogens is 1. The van der Waals surface area contributed by atoms with E-state index in [2.05, 4.69) is 25.4 Å². The Morgan fingerprint density at radius 2 is 2.00 bits per heavy atom. The predicted octanol–water partition coefficient (Wildman–Crippen LogP) is 5.26. The van der Waals surface area contributed by atoms with Crippen LogP contribution >= 0.6 is 0 Å². The second-order valence-corrected chi connectivity index (χ2v) is 9.71. The standard InChI is InChI=1S/C28H21F2N7O/c29-28(30)10-16(11-28)12-34-27(38)22-15-35-37-7-5-17(9-24(22)37)20-13-33-26-21(20)14-32-25(36-26)19-3-4-23-18(8-19)2-1-6-31-23/h1-9,13-16H,10-12H2,(H,34,38)(H,32,33,36). The summed E-state index contributed by atoms with van der Waals surface area (Å²) in [5, 5.41) is 8.91. The monoisotopic (exact) mass is 509 g/mol. The molecule has 7 rings (SSSR count). The van der Waals surface area contributed by atoms with E-state index in [1.165, 1.54) is 6.20 Å². The van der Waals surface area contributed by atoms with Gasteiger partial charge in [-0.3, -0.25) is 9.78 Å². The Morgan fingerprint density at radius 3 is 2.87 bits per heavy atom. The van der Waals surface area contributed by atoms with Crippen LogP contribution in [-0.2, 0) is 0 Å². The smallest absolute Gasteiger partial charge is 0.255 e. The fraction of sp³-hybridized carbons (Fsp3) is 0.179. The first-order valence-electron chi connectivity index (χ1n) is 12.3. The van der Waals surface area contributed by atoms with Crippen LogP contribution in [0.1, 0.15) is 23.2 Å². The van der Waals surface area contributed by atoms with Gasteiger partial charge in [-0.15, -0.1) is 0 Å². The minimum Gasteiger partial charge on any atom is -0.352 e. The van der Waals surface area contributed by atoms with E-state index >= 15 is 0 Å². The quantitative estimate of drug-likeness (QED) is 0.330. The van der Waals surface area contributed by atoms with Gasteiger partial charge in [-0.2, -0.15) is 5.10 Å². The molecule has 0 bridgehead atoms. The predicted molar refractivity (Wildman–Crippen MR) is 139 cm³/mol. The van der Waals surface area contributed by atoms with E-state index in [0.29, 0.717) is 22.6 Å². The Morgan fingerprint density at radius 1 is 1.11 bits per heavy atom. The number of halogens is 2. The highest BCUT2D eigenvalue weighted by atomic mass is 19.3. The van der Waals surface area contributed by atoms with Gasteiger partial charge in [0.15, 0.2) is 5.82 Å². The van der Waals surface area contributed by atoms with Crippen LogP contribution in [0.5, 0.6) is 0 Å². The Balaban J connectivity index is 1.18. The molecule has 1 amide bonds. The first-order valence-corrected chi connectivity index (χ1v) is 12.3. The molecule has 188 valence electrons. The van der Waals surface area contributed by atoms with Crippen LogP contribution < -0.4 is 5.32 Å². The second kappa shape index (κ2) is 8.41. The van der Waals surface area contributed by atoms with Crippen molar-refractivity contribution in [2.45, 2.75) is 18.8 Å². The molecule has 6 aromatic rings. The maximum Gasteiger partial charge on any atom is 0.255 e. The van der Waals surface area contributed by atoms with Crippen LogP contribution in [0.3, 0.4) is 0 Å². The summed E-state index contributed by atoms with van der Waals surface area (Å²) >= 11 is 0. The highest BCUT2D eigenvalue weighted by Gasteiger charge is 2.45. The van der Waals surface area contributed by atoms with E-state index in [4.69, 9.17) is 4.98 Å². The number of amides is 1. The van der Waals surface area contributed by atoms with Crippen LogP contribution in [-0.4, -0.2) is 47.9 Å². The van der Waals surface area contributed by atoms with Gasteiger partial charge < -0.3 is 10.3 Å². The Labute approximate surface area is 214 Å². The molecule has 0 spiro atoms. The minimum atomic E-state index is -2.61. The minimum absolute atomic E-state index is 0.186. The van der Waals surface area contributed by atoms with Gasteiger partial charge in [0.05, 0.1) is 22.8 Å². The lowest BCUT2D eigenvalue weighted by Crippen LogP contribution is -2.42. The lowest BCUT2D eigenvalue weighted by Gasteiger charge is -2.34. The maximum atomic E-state index is 13.1. The fourth-order valence-electron chi connectivity index (χ4n) is 5.08. The van der Waals surface area contributed by atoms with Gasteiger partial charge in [-0.1, -0.05) is 6.07 Å². The number of nitrogens with zero attached hydrogens (tertiary/aromatic N) is 5. The van der Waals surface area contributed by atoms with Gasteiger partial charge in [-0.05, 0) is 47.9 Å². The zero-order chi connectivity index (χ0) is 25.9. The summed E-state index contributed by atoms with van der Waals surface area (Å²) < 4.78 is 27.8. The number of carbonyl (C=O) groups is 1. The van der Waals surface area contributed by atoms with Crippen molar-refractivity contribution in [3.63, 3.8) is 0 Å². The zero-order valence-electron chi connectivity index (χ0n) is 20.0. The molecular weight excluding hydrogens is 488 g/mol. The van der Waals surface area contributed by atoms with Crippen molar-refractivity contribution < 1.29 is 13.6 Å². The van der Waals surface area contributed by atoms with Gasteiger partial charge in [0.2, 0.25) is 5.92 Å². The summed E-state index contributed by atoms with van der Waals surface area (Å²) in [6, 6.07) is 13.6. The number of carbonyl (C=O) groups excluding carboxylic acids is 1. The van der Waals surface area contributed by atoms with E-state index in [9.17, 15) is 13.6 Å². The van der Waals surface area contributed by atoms with E-state index in [-0.39, 0.29) is 31.2 Å². The topological polar surface area (TPSA) is 101 Å². The summed E-state index contributed by atoms with van der Waals surface area (Å²) in [6.45, 7) is 0.224. The molecule has 0 unspecified atom stereocenters. The summed E-state index contributed by atoms with van der Waals surface area (Å²) in [7, 11) is 0. The van der Waals surface area contributed by atoms with Crippen molar-refractivity contribution in [2.75, 3.05) is 6.54 Å². The molecule has 8 nitrogen and oxygen atoms in total. The maximum absolute atomic E-state index is 13.1. The van der Waals surface area contributed by atoms with Gasteiger partial charge in [-0.25, -0.2) is 23.3 Å². The number of hydrogen-bond donors (Lipinski definition) is 2. The zero-order valence-corrected chi connectivity index (χ0v) is 20.0. The van der Waals surface area contributed by atoms with Crippen molar-refractivity contribution in [1.29, 1.82) is 0 Å². The second-order valence-electron chi connectivity index (χ2n) is 9.71. The average molecular weight is 510 g/mol. The number of fused-ring (bicyclic) bond motifs is 3. The molecule has 1 aliphatic carbocycles. The third-order valence-corrected chi connectivity index (χ3v) is 7.10. The fourth-order valence-corrected chi connectivity index (χ4v) is 5.08. The molecular formula is C28H21F2N7O. The van der Waals surface area contributed by atoms with Crippen molar-refractivity contribution in [3.8, 4) is 22.5 Å². The van der Waals surface area contributed by atoms with E-state index in [1.54, 1.807) is 23.1 Å². The molecule has 5 heterocycles. The molecule has 1 aliphatic rings. The number of rotatable bonds is 5. The van der Waals surface area contributed by atoms with Crippen LogP contribution in [0.25, 0.3) is 50.0 Å². The first kappa shape index (κ1) is 22.5. The molecule has 0 saturated heterocycles. The normalized spacial score (nSPS) is 15.2. The van der Waals surface area contributed by atoms with Gasteiger partial charge >= 0.3 is 0 Å².